The zero-order chi connectivity index (χ0) is 9.31. The Balaban J connectivity index is 1.92. The lowest BCUT2D eigenvalue weighted by Crippen LogP contribution is -2.44. The molecule has 0 saturated heterocycles. The molecule has 0 radical (unpaired) electrons. The van der Waals surface area contributed by atoms with E-state index in [-0.39, 0.29) is 0 Å². The molecule has 1 heteroatoms. The summed E-state index contributed by atoms with van der Waals surface area (Å²) >= 11 is 0. The second-order valence-corrected chi connectivity index (χ2v) is 5.38. The summed E-state index contributed by atoms with van der Waals surface area (Å²) in [6, 6.07) is 0. The second-order valence-electron chi connectivity index (χ2n) is 5.38. The molecule has 0 aromatic carbocycles. The average molecular weight is 181 g/mol. The maximum absolute atomic E-state index is 5.93. The van der Waals surface area contributed by atoms with E-state index >= 15 is 0 Å². The Kier molecular flexibility index (Phi) is 2.64. The first-order valence-corrected chi connectivity index (χ1v) is 5.97. The van der Waals surface area contributed by atoms with Gasteiger partial charge in [-0.3, -0.25) is 0 Å². The van der Waals surface area contributed by atoms with Crippen molar-refractivity contribution in [2.45, 2.75) is 51.9 Å². The van der Waals surface area contributed by atoms with Crippen molar-refractivity contribution in [3.8, 4) is 0 Å². The zero-order valence-electron chi connectivity index (χ0n) is 8.89. The van der Waals surface area contributed by atoms with Crippen LogP contribution in [0.25, 0.3) is 0 Å². The highest BCUT2D eigenvalue weighted by atomic mass is 14.6. The Morgan fingerprint density at radius 1 is 1.15 bits per heavy atom. The molecule has 13 heavy (non-hydrogen) atoms. The van der Waals surface area contributed by atoms with Gasteiger partial charge in [-0.15, -0.1) is 0 Å². The number of hydrogen-bond acceptors (Lipinski definition) is 1. The van der Waals surface area contributed by atoms with Crippen molar-refractivity contribution in [2.24, 2.45) is 23.0 Å². The Hall–Kier alpha value is -0.0400. The van der Waals surface area contributed by atoms with Crippen LogP contribution in [0.15, 0.2) is 0 Å². The third-order valence-corrected chi connectivity index (χ3v) is 4.64. The van der Waals surface area contributed by atoms with Crippen LogP contribution in [-0.4, -0.2) is 6.54 Å². The molecule has 0 aliphatic heterocycles. The van der Waals surface area contributed by atoms with Crippen molar-refractivity contribution >= 4 is 0 Å². The van der Waals surface area contributed by atoms with Crippen LogP contribution < -0.4 is 5.73 Å². The minimum Gasteiger partial charge on any atom is -0.330 e. The van der Waals surface area contributed by atoms with Gasteiger partial charge in [0.05, 0.1) is 0 Å². The van der Waals surface area contributed by atoms with Crippen molar-refractivity contribution in [2.75, 3.05) is 6.54 Å². The molecule has 0 spiro atoms. The first-order valence-electron chi connectivity index (χ1n) is 5.97. The lowest BCUT2D eigenvalue weighted by molar-refractivity contribution is 0.0272. The molecule has 0 atom stereocenters. The van der Waals surface area contributed by atoms with Crippen LogP contribution >= 0.6 is 0 Å². The molecule has 2 aliphatic carbocycles. The predicted octanol–water partition coefficient (Wildman–Crippen LogP) is 2.94. The van der Waals surface area contributed by atoms with E-state index in [2.05, 4.69) is 6.92 Å². The normalized spacial score (nSPS) is 38.3. The average Bonchev–Trinajstić information content (AvgIpc) is 2.07. The van der Waals surface area contributed by atoms with Crippen LogP contribution in [0.1, 0.15) is 51.9 Å². The Morgan fingerprint density at radius 2 is 1.77 bits per heavy atom. The second kappa shape index (κ2) is 3.61. The van der Waals surface area contributed by atoms with Gasteiger partial charge in [0, 0.05) is 0 Å². The van der Waals surface area contributed by atoms with Gasteiger partial charge in [0.15, 0.2) is 0 Å². The molecule has 0 aromatic heterocycles. The van der Waals surface area contributed by atoms with Gasteiger partial charge >= 0.3 is 0 Å². The van der Waals surface area contributed by atoms with E-state index in [9.17, 15) is 0 Å². The lowest BCUT2D eigenvalue weighted by atomic mass is 9.57. The number of nitrogens with two attached hydrogens (primary N) is 1. The summed E-state index contributed by atoms with van der Waals surface area (Å²) in [7, 11) is 0. The lowest BCUT2D eigenvalue weighted by Gasteiger charge is -2.49. The van der Waals surface area contributed by atoms with E-state index in [1.54, 1.807) is 0 Å². The summed E-state index contributed by atoms with van der Waals surface area (Å²) in [6.07, 6.45) is 10.1. The van der Waals surface area contributed by atoms with E-state index in [0.717, 1.165) is 18.4 Å². The first kappa shape index (κ1) is 9.51. The molecular weight excluding hydrogens is 158 g/mol. The molecule has 2 aliphatic rings. The van der Waals surface area contributed by atoms with Crippen LogP contribution in [0.2, 0.25) is 0 Å². The monoisotopic (exact) mass is 181 g/mol. The van der Waals surface area contributed by atoms with Crippen molar-refractivity contribution in [3.05, 3.63) is 0 Å². The smallest absolute Gasteiger partial charge is 0.00179 e. The van der Waals surface area contributed by atoms with Gasteiger partial charge in [-0.2, -0.15) is 0 Å². The number of hydrogen-bond donors (Lipinski definition) is 1. The molecule has 0 aromatic rings. The molecule has 0 unspecified atom stereocenters. The largest absolute Gasteiger partial charge is 0.330 e. The Bertz CT molecular complexity index is 158. The third-order valence-electron chi connectivity index (χ3n) is 4.64. The third kappa shape index (κ3) is 1.63. The van der Waals surface area contributed by atoms with Crippen LogP contribution in [0.4, 0.5) is 0 Å². The molecule has 2 rings (SSSR count). The highest BCUT2D eigenvalue weighted by Crippen LogP contribution is 2.51. The molecule has 2 fully saturated rings. The SMILES string of the molecule is CC1CCC(C2(CN)CCC2)CC1. The predicted molar refractivity (Wildman–Crippen MR) is 56.5 cm³/mol. The van der Waals surface area contributed by atoms with Crippen molar-refractivity contribution in [1.82, 2.24) is 0 Å². The summed E-state index contributed by atoms with van der Waals surface area (Å²) in [5, 5.41) is 0. The molecule has 2 saturated carbocycles. The van der Waals surface area contributed by atoms with Gasteiger partial charge in [-0.1, -0.05) is 26.2 Å². The molecule has 0 bridgehead atoms. The summed E-state index contributed by atoms with van der Waals surface area (Å²) in [5.41, 5.74) is 6.53. The van der Waals surface area contributed by atoms with Crippen LogP contribution in [0.5, 0.6) is 0 Å². The summed E-state index contributed by atoms with van der Waals surface area (Å²) in [4.78, 5) is 0. The molecule has 1 nitrogen and oxygen atoms in total. The van der Waals surface area contributed by atoms with Gasteiger partial charge in [0.1, 0.15) is 0 Å². The fraction of sp³-hybridized carbons (Fsp3) is 1.00. The van der Waals surface area contributed by atoms with Crippen molar-refractivity contribution in [3.63, 3.8) is 0 Å². The number of rotatable bonds is 2. The summed E-state index contributed by atoms with van der Waals surface area (Å²) < 4.78 is 0. The maximum Gasteiger partial charge on any atom is -0.00179 e. The van der Waals surface area contributed by atoms with Crippen LogP contribution in [0.3, 0.4) is 0 Å². The van der Waals surface area contributed by atoms with E-state index in [4.69, 9.17) is 5.73 Å². The molecule has 2 N–H and O–H groups in total. The van der Waals surface area contributed by atoms with Crippen LogP contribution in [-0.2, 0) is 0 Å². The van der Waals surface area contributed by atoms with E-state index < -0.39 is 0 Å². The van der Waals surface area contributed by atoms with E-state index in [0.29, 0.717) is 5.41 Å². The van der Waals surface area contributed by atoms with Crippen molar-refractivity contribution < 1.29 is 0 Å². The fourth-order valence-electron chi connectivity index (χ4n) is 3.28. The van der Waals surface area contributed by atoms with Crippen LogP contribution in [0, 0.1) is 17.3 Å². The molecule has 76 valence electrons. The highest BCUT2D eigenvalue weighted by molar-refractivity contribution is 4.95. The quantitative estimate of drug-likeness (QED) is 0.696. The van der Waals surface area contributed by atoms with Gasteiger partial charge in [0.2, 0.25) is 0 Å². The van der Waals surface area contributed by atoms with Gasteiger partial charge in [0.25, 0.3) is 0 Å². The van der Waals surface area contributed by atoms with Gasteiger partial charge < -0.3 is 5.73 Å². The minimum atomic E-state index is 0.597. The topological polar surface area (TPSA) is 26.0 Å². The molecular formula is C12H23N. The van der Waals surface area contributed by atoms with E-state index in [1.165, 1.54) is 44.9 Å². The maximum atomic E-state index is 5.93. The van der Waals surface area contributed by atoms with Crippen molar-refractivity contribution in [1.29, 1.82) is 0 Å². The van der Waals surface area contributed by atoms with Gasteiger partial charge in [-0.05, 0) is 49.5 Å². The summed E-state index contributed by atoms with van der Waals surface area (Å²) in [5.74, 6) is 1.95. The zero-order valence-corrected chi connectivity index (χ0v) is 8.89. The fourth-order valence-corrected chi connectivity index (χ4v) is 3.28. The minimum absolute atomic E-state index is 0.597. The Morgan fingerprint density at radius 3 is 2.15 bits per heavy atom. The first-order chi connectivity index (χ1) is 6.27. The highest BCUT2D eigenvalue weighted by Gasteiger charge is 2.43. The molecule has 0 amide bonds. The standard InChI is InChI=1S/C12H23N/c1-10-3-5-11(6-4-10)12(9-13)7-2-8-12/h10-11H,2-9,13H2,1H3. The van der Waals surface area contributed by atoms with E-state index in [1.807, 2.05) is 0 Å². The Labute approximate surface area is 82.1 Å². The molecule has 0 heterocycles. The summed E-state index contributed by atoms with van der Waals surface area (Å²) in [6.45, 7) is 3.35. The van der Waals surface area contributed by atoms with Gasteiger partial charge in [-0.25, -0.2) is 0 Å².